The minimum Gasteiger partial charge on any atom is -0.480 e. The number of carboxylic acid groups (broad SMARTS) is 1. The van der Waals surface area contributed by atoms with Crippen molar-refractivity contribution >= 4 is 17.7 Å². The highest BCUT2D eigenvalue weighted by molar-refractivity contribution is 6.03. The molecule has 1 saturated heterocycles. The molecule has 3 unspecified atom stereocenters. The first kappa shape index (κ1) is 18.9. The third-order valence-corrected chi connectivity index (χ3v) is 6.56. The molecule has 7 heteroatoms. The van der Waals surface area contributed by atoms with Gasteiger partial charge in [0.1, 0.15) is 11.6 Å². The second kappa shape index (κ2) is 6.57. The number of carbonyl (C=O) groups is 3. The molecule has 7 nitrogen and oxygen atoms in total. The van der Waals surface area contributed by atoms with E-state index in [2.05, 4.69) is 4.98 Å². The Morgan fingerprint density at radius 2 is 1.89 bits per heavy atom. The number of hydrogen-bond acceptors (Lipinski definition) is 4. The molecule has 1 saturated carbocycles. The van der Waals surface area contributed by atoms with E-state index in [0.717, 1.165) is 25.7 Å². The monoisotopic (exact) mass is 386 g/mol. The summed E-state index contributed by atoms with van der Waals surface area (Å²) < 4.78 is 0. The van der Waals surface area contributed by atoms with Crippen molar-refractivity contribution < 1.29 is 19.5 Å². The molecular formula is C21H26N2O5. The number of carbonyl (C=O) groups excluding carboxylic acids is 2. The Morgan fingerprint density at radius 3 is 2.61 bits per heavy atom. The lowest BCUT2D eigenvalue weighted by molar-refractivity contribution is -0.141. The van der Waals surface area contributed by atoms with E-state index in [-0.39, 0.29) is 28.7 Å². The number of amides is 1. The second-order valence-corrected chi connectivity index (χ2v) is 9.26. The number of hydrogen-bond donors (Lipinski definition) is 2. The molecule has 1 aliphatic heterocycles. The van der Waals surface area contributed by atoms with E-state index < -0.39 is 23.5 Å². The van der Waals surface area contributed by atoms with Crippen molar-refractivity contribution in [3.05, 3.63) is 33.2 Å². The van der Waals surface area contributed by atoms with Crippen LogP contribution in [0.3, 0.4) is 0 Å². The summed E-state index contributed by atoms with van der Waals surface area (Å²) in [6.07, 6.45) is 5.00. The normalized spacial score (nSPS) is 28.6. The van der Waals surface area contributed by atoms with E-state index in [0.29, 0.717) is 30.5 Å². The van der Waals surface area contributed by atoms with Crippen molar-refractivity contribution in [1.29, 1.82) is 0 Å². The van der Waals surface area contributed by atoms with Gasteiger partial charge in [0.2, 0.25) is 0 Å². The number of aromatic amines is 1. The average Bonchev–Trinajstić information content (AvgIpc) is 2.99. The van der Waals surface area contributed by atoms with Gasteiger partial charge >= 0.3 is 5.97 Å². The maximum absolute atomic E-state index is 13.3. The number of Topliss-reactive ketones (excluding diaryl/α,β-unsaturated/α-hetero) is 1. The molecule has 2 fully saturated rings. The molecule has 1 aromatic heterocycles. The van der Waals surface area contributed by atoms with E-state index >= 15 is 0 Å². The maximum Gasteiger partial charge on any atom is 0.326 e. The van der Waals surface area contributed by atoms with Gasteiger partial charge in [-0.25, -0.2) is 4.79 Å². The summed E-state index contributed by atoms with van der Waals surface area (Å²) in [7, 11) is 0. The fourth-order valence-corrected chi connectivity index (χ4v) is 5.30. The number of carboxylic acids is 1. The largest absolute Gasteiger partial charge is 0.480 e. The SMILES string of the molecule is CC1(C)CC(=O)c2cc(C(=O)N3C(C(=O)O)CC4CCCCC43)c(=O)[nH]c2C1. The number of fused-ring (bicyclic) bond motifs is 2. The van der Waals surface area contributed by atoms with Gasteiger partial charge in [-0.05, 0) is 43.1 Å². The highest BCUT2D eigenvalue weighted by atomic mass is 16.4. The van der Waals surface area contributed by atoms with Gasteiger partial charge in [-0.15, -0.1) is 0 Å². The summed E-state index contributed by atoms with van der Waals surface area (Å²) in [5.74, 6) is -1.53. The smallest absolute Gasteiger partial charge is 0.326 e. The van der Waals surface area contributed by atoms with E-state index in [1.54, 1.807) is 0 Å². The Kier molecular flexibility index (Phi) is 4.43. The third-order valence-electron chi connectivity index (χ3n) is 6.56. The summed E-state index contributed by atoms with van der Waals surface area (Å²) in [6.45, 7) is 3.94. The molecule has 1 amide bonds. The number of nitrogens with one attached hydrogen (secondary N) is 1. The van der Waals surface area contributed by atoms with Gasteiger partial charge in [0.25, 0.3) is 11.5 Å². The van der Waals surface area contributed by atoms with Crippen LogP contribution in [0.4, 0.5) is 0 Å². The predicted octanol–water partition coefficient (Wildman–Crippen LogP) is 2.39. The molecular weight excluding hydrogens is 360 g/mol. The van der Waals surface area contributed by atoms with Crippen LogP contribution in [-0.2, 0) is 11.2 Å². The predicted molar refractivity (Wildman–Crippen MR) is 101 cm³/mol. The number of aliphatic carboxylic acids is 1. The first-order valence-electron chi connectivity index (χ1n) is 10.0. The molecule has 0 aromatic carbocycles. The van der Waals surface area contributed by atoms with Crippen molar-refractivity contribution in [2.75, 3.05) is 0 Å². The van der Waals surface area contributed by atoms with Crippen LogP contribution in [0.5, 0.6) is 0 Å². The zero-order valence-electron chi connectivity index (χ0n) is 16.3. The second-order valence-electron chi connectivity index (χ2n) is 9.26. The van der Waals surface area contributed by atoms with Crippen LogP contribution in [-0.4, -0.2) is 44.7 Å². The minimum atomic E-state index is -1.03. The maximum atomic E-state index is 13.3. The fourth-order valence-electron chi connectivity index (χ4n) is 5.30. The topological polar surface area (TPSA) is 108 Å². The van der Waals surface area contributed by atoms with Gasteiger partial charge in [0, 0.05) is 23.7 Å². The molecule has 0 radical (unpaired) electrons. The standard InChI is InChI=1S/C21H26N2O5/c1-21(2)9-14-12(17(24)10-21)8-13(18(25)22-14)19(26)23-15-6-4-3-5-11(15)7-16(23)20(27)28/h8,11,15-16H,3-7,9-10H2,1-2H3,(H,22,25)(H,27,28). The number of aromatic nitrogens is 1. The molecule has 3 atom stereocenters. The van der Waals surface area contributed by atoms with E-state index in [1.165, 1.54) is 11.0 Å². The Labute approximate surface area is 163 Å². The summed E-state index contributed by atoms with van der Waals surface area (Å²) in [5.41, 5.74) is 0.0436. The van der Waals surface area contributed by atoms with E-state index in [1.807, 2.05) is 13.8 Å². The average molecular weight is 386 g/mol. The van der Waals surface area contributed by atoms with Crippen LogP contribution < -0.4 is 5.56 Å². The van der Waals surface area contributed by atoms with Crippen molar-refractivity contribution in [2.24, 2.45) is 11.3 Å². The van der Waals surface area contributed by atoms with Crippen LogP contribution in [0.25, 0.3) is 0 Å². The number of ketones is 1. The molecule has 28 heavy (non-hydrogen) atoms. The molecule has 3 aliphatic rings. The van der Waals surface area contributed by atoms with Gasteiger partial charge < -0.3 is 15.0 Å². The molecule has 4 rings (SSSR count). The molecule has 2 N–H and O–H groups in total. The zero-order valence-corrected chi connectivity index (χ0v) is 16.3. The zero-order chi connectivity index (χ0) is 20.2. The van der Waals surface area contributed by atoms with Crippen LogP contribution >= 0.6 is 0 Å². The summed E-state index contributed by atoms with van der Waals surface area (Å²) in [5, 5.41) is 9.65. The lowest BCUT2D eigenvalue weighted by atomic mass is 9.75. The lowest BCUT2D eigenvalue weighted by Crippen LogP contribution is -2.48. The molecule has 0 bridgehead atoms. The summed E-state index contributed by atoms with van der Waals surface area (Å²) in [6, 6.07) is 0.335. The van der Waals surface area contributed by atoms with Crippen molar-refractivity contribution in [3.63, 3.8) is 0 Å². The molecule has 1 aromatic rings. The van der Waals surface area contributed by atoms with Crippen LogP contribution in [0.15, 0.2) is 10.9 Å². The molecule has 0 spiro atoms. The Hall–Kier alpha value is -2.44. The highest BCUT2D eigenvalue weighted by Gasteiger charge is 2.48. The first-order chi connectivity index (χ1) is 13.2. The number of rotatable bonds is 2. The van der Waals surface area contributed by atoms with Crippen molar-refractivity contribution in [3.8, 4) is 0 Å². The van der Waals surface area contributed by atoms with Gasteiger partial charge in [-0.1, -0.05) is 26.7 Å². The van der Waals surface area contributed by atoms with Crippen LogP contribution in [0, 0.1) is 11.3 Å². The van der Waals surface area contributed by atoms with Gasteiger partial charge in [0.05, 0.1) is 0 Å². The van der Waals surface area contributed by atoms with Gasteiger partial charge in [-0.3, -0.25) is 14.4 Å². The number of pyridine rings is 1. The molecule has 2 aliphatic carbocycles. The van der Waals surface area contributed by atoms with Crippen molar-refractivity contribution in [1.82, 2.24) is 9.88 Å². The van der Waals surface area contributed by atoms with E-state index in [4.69, 9.17) is 0 Å². The first-order valence-corrected chi connectivity index (χ1v) is 10.0. The van der Waals surface area contributed by atoms with Gasteiger partial charge in [0.15, 0.2) is 5.78 Å². The number of H-pyrrole nitrogens is 1. The third kappa shape index (κ3) is 3.06. The number of likely N-dealkylation sites (tertiary alicyclic amines) is 1. The van der Waals surface area contributed by atoms with Crippen molar-refractivity contribution in [2.45, 2.75) is 70.9 Å². The van der Waals surface area contributed by atoms with Crippen LogP contribution in [0.2, 0.25) is 0 Å². The minimum absolute atomic E-state index is 0.0942. The Morgan fingerprint density at radius 1 is 1.18 bits per heavy atom. The quantitative estimate of drug-likeness (QED) is 0.811. The molecule has 150 valence electrons. The summed E-state index contributed by atoms with van der Waals surface area (Å²) in [4.78, 5) is 54.5. The van der Waals surface area contributed by atoms with Crippen LogP contribution in [0.1, 0.15) is 78.8 Å². The highest BCUT2D eigenvalue weighted by Crippen LogP contribution is 2.40. The lowest BCUT2D eigenvalue weighted by Gasteiger charge is -2.33. The Bertz CT molecular complexity index is 916. The van der Waals surface area contributed by atoms with Gasteiger partial charge in [-0.2, -0.15) is 0 Å². The molecule has 2 heterocycles. The summed E-state index contributed by atoms with van der Waals surface area (Å²) >= 11 is 0. The Balaban J connectivity index is 1.73. The fraction of sp³-hybridized carbons (Fsp3) is 0.619. The number of nitrogens with zero attached hydrogens (tertiary/aromatic N) is 1. The van der Waals surface area contributed by atoms with E-state index in [9.17, 15) is 24.3 Å².